The van der Waals surface area contributed by atoms with Gasteiger partial charge >= 0.3 is 0 Å². The number of nitrogens with one attached hydrogen (secondary N) is 1. The van der Waals surface area contributed by atoms with Crippen molar-refractivity contribution in [3.8, 4) is 5.75 Å². The second kappa shape index (κ2) is 9.07. The van der Waals surface area contributed by atoms with Gasteiger partial charge in [-0.1, -0.05) is 32.0 Å². The lowest BCUT2D eigenvalue weighted by molar-refractivity contribution is 0.0950. The van der Waals surface area contributed by atoms with Crippen LogP contribution in [0.25, 0.3) is 5.65 Å². The molecule has 0 saturated carbocycles. The smallest absolute Gasteiger partial charge is 0.253 e. The van der Waals surface area contributed by atoms with Crippen molar-refractivity contribution in [1.29, 1.82) is 0 Å². The van der Waals surface area contributed by atoms with Gasteiger partial charge in [0.1, 0.15) is 16.3 Å². The number of amides is 1. The number of carbonyl (C=O) groups is 1. The maximum absolute atomic E-state index is 13.3. The van der Waals surface area contributed by atoms with E-state index in [0.717, 1.165) is 16.8 Å². The summed E-state index contributed by atoms with van der Waals surface area (Å²) in [7, 11) is -2.31. The second-order valence-electron chi connectivity index (χ2n) is 8.01. The van der Waals surface area contributed by atoms with Crippen LogP contribution >= 0.6 is 0 Å². The Balaban J connectivity index is 1.50. The zero-order chi connectivity index (χ0) is 23.6. The van der Waals surface area contributed by atoms with Gasteiger partial charge in [0.25, 0.3) is 5.91 Å². The van der Waals surface area contributed by atoms with Crippen LogP contribution in [0.5, 0.6) is 5.75 Å². The summed E-state index contributed by atoms with van der Waals surface area (Å²) in [5.41, 5.74) is 2.98. The first-order valence-corrected chi connectivity index (χ1v) is 12.0. The van der Waals surface area contributed by atoms with Crippen LogP contribution in [0.3, 0.4) is 0 Å². The third-order valence-electron chi connectivity index (χ3n) is 5.48. The second-order valence-corrected chi connectivity index (χ2v) is 9.92. The van der Waals surface area contributed by atoms with Gasteiger partial charge in [-0.25, -0.2) is 13.4 Å². The lowest BCUT2D eigenvalue weighted by Crippen LogP contribution is -2.23. The van der Waals surface area contributed by atoms with Gasteiger partial charge < -0.3 is 14.5 Å². The number of pyridine rings is 1. The Morgan fingerprint density at radius 1 is 1.09 bits per heavy atom. The fraction of sp³-hybridized carbons (Fsp3) is 0.200. The van der Waals surface area contributed by atoms with Crippen molar-refractivity contribution >= 4 is 21.4 Å². The number of benzene rings is 2. The zero-order valence-electron chi connectivity index (χ0n) is 18.6. The van der Waals surface area contributed by atoms with Crippen molar-refractivity contribution in [2.75, 3.05) is 7.11 Å². The highest BCUT2D eigenvalue weighted by Gasteiger charge is 2.23. The minimum Gasteiger partial charge on any atom is -0.495 e. The molecule has 1 amide bonds. The minimum absolute atomic E-state index is 0.146. The quantitative estimate of drug-likeness (QED) is 0.443. The lowest BCUT2D eigenvalue weighted by atomic mass is 10.0. The van der Waals surface area contributed by atoms with Crippen molar-refractivity contribution in [3.05, 3.63) is 89.9 Å². The molecule has 0 aliphatic heterocycles. The molecule has 0 saturated heterocycles. The van der Waals surface area contributed by atoms with Gasteiger partial charge in [-0.05, 0) is 53.4 Å². The van der Waals surface area contributed by atoms with Gasteiger partial charge in [0.2, 0.25) is 9.84 Å². The molecule has 170 valence electrons. The van der Waals surface area contributed by atoms with E-state index < -0.39 is 9.84 Å². The molecule has 0 unspecified atom stereocenters. The van der Waals surface area contributed by atoms with E-state index in [0.29, 0.717) is 11.3 Å². The third-order valence-corrected chi connectivity index (χ3v) is 7.27. The van der Waals surface area contributed by atoms with Crippen molar-refractivity contribution < 1.29 is 17.9 Å². The van der Waals surface area contributed by atoms with Crippen LogP contribution in [0, 0.1) is 0 Å². The fourth-order valence-electron chi connectivity index (χ4n) is 3.51. The molecule has 0 fully saturated rings. The number of imidazole rings is 1. The molecule has 7 nitrogen and oxygen atoms in total. The summed E-state index contributed by atoms with van der Waals surface area (Å²) in [6.07, 6.45) is 5.16. The highest BCUT2D eigenvalue weighted by molar-refractivity contribution is 7.91. The van der Waals surface area contributed by atoms with E-state index in [1.807, 2.05) is 19.9 Å². The van der Waals surface area contributed by atoms with Crippen LogP contribution in [-0.2, 0) is 16.4 Å². The molecule has 0 atom stereocenters. The van der Waals surface area contributed by atoms with Gasteiger partial charge in [-0.15, -0.1) is 0 Å². The van der Waals surface area contributed by atoms with Crippen LogP contribution in [0.1, 0.15) is 41.3 Å². The molecule has 1 N–H and O–H groups in total. The number of aromatic nitrogens is 2. The number of nitrogens with zero attached hydrogens (tertiary/aromatic N) is 2. The molecule has 2 aromatic heterocycles. The summed E-state index contributed by atoms with van der Waals surface area (Å²) in [6, 6.07) is 15.2. The van der Waals surface area contributed by atoms with Gasteiger partial charge in [0.15, 0.2) is 0 Å². The van der Waals surface area contributed by atoms with Crippen molar-refractivity contribution in [2.24, 2.45) is 0 Å². The highest BCUT2D eigenvalue weighted by atomic mass is 32.2. The van der Waals surface area contributed by atoms with Gasteiger partial charge in [0.05, 0.1) is 17.6 Å². The van der Waals surface area contributed by atoms with E-state index in [-0.39, 0.29) is 28.2 Å². The number of sulfone groups is 1. The Labute approximate surface area is 193 Å². The van der Waals surface area contributed by atoms with Crippen LogP contribution in [0.2, 0.25) is 0 Å². The normalized spacial score (nSPS) is 11.6. The Morgan fingerprint density at radius 2 is 1.85 bits per heavy atom. The molecule has 0 bridgehead atoms. The summed E-state index contributed by atoms with van der Waals surface area (Å²) in [4.78, 5) is 17.0. The van der Waals surface area contributed by atoms with Crippen molar-refractivity contribution in [3.63, 3.8) is 0 Å². The molecule has 4 rings (SSSR count). The van der Waals surface area contributed by atoms with E-state index in [2.05, 4.69) is 10.3 Å². The summed E-state index contributed by atoms with van der Waals surface area (Å²) < 4.78 is 33.6. The summed E-state index contributed by atoms with van der Waals surface area (Å²) in [5, 5.41) is 2.86. The molecule has 8 heteroatoms. The monoisotopic (exact) mass is 463 g/mol. The topological polar surface area (TPSA) is 89.8 Å². The SMILES string of the molecule is COc1ccc(C(C)C)cc1S(=O)(=O)c1ccc(CNC(=O)c2ccc3nccn3c2)cc1. The molecule has 4 aromatic rings. The number of fused-ring (bicyclic) bond motifs is 1. The van der Waals surface area contributed by atoms with E-state index in [9.17, 15) is 13.2 Å². The maximum Gasteiger partial charge on any atom is 0.253 e. The number of rotatable bonds is 7. The number of hydrogen-bond donors (Lipinski definition) is 1. The number of carbonyl (C=O) groups excluding carboxylic acids is 1. The predicted molar refractivity (Wildman–Crippen MR) is 125 cm³/mol. The van der Waals surface area contributed by atoms with Crippen LogP contribution in [0.4, 0.5) is 0 Å². The molecule has 0 spiro atoms. The maximum atomic E-state index is 13.3. The zero-order valence-corrected chi connectivity index (χ0v) is 19.5. The predicted octanol–water partition coefficient (Wildman–Crippen LogP) is 4.23. The lowest BCUT2D eigenvalue weighted by Gasteiger charge is -2.14. The van der Waals surface area contributed by atoms with Crippen LogP contribution in [0.15, 0.2) is 83.0 Å². The Bertz CT molecular complexity index is 1410. The third kappa shape index (κ3) is 4.61. The van der Waals surface area contributed by atoms with Gasteiger partial charge in [-0.3, -0.25) is 4.79 Å². The van der Waals surface area contributed by atoms with Crippen LogP contribution < -0.4 is 10.1 Å². The first kappa shape index (κ1) is 22.5. The standard InChI is InChI=1S/C25H25N3O4S/c1-17(2)19-6-10-22(32-3)23(14-19)33(30,31)21-8-4-18(5-9-21)15-27-25(29)20-7-11-24-26-12-13-28(24)16-20/h4-14,16-17H,15H2,1-3H3,(H,27,29). The highest BCUT2D eigenvalue weighted by Crippen LogP contribution is 2.32. The average Bonchev–Trinajstić information content (AvgIpc) is 3.30. The van der Waals surface area contributed by atoms with E-state index in [4.69, 9.17) is 4.74 Å². The van der Waals surface area contributed by atoms with Gasteiger partial charge in [-0.2, -0.15) is 0 Å². The molecular weight excluding hydrogens is 438 g/mol. The Morgan fingerprint density at radius 3 is 2.55 bits per heavy atom. The van der Waals surface area contributed by atoms with Crippen molar-refractivity contribution in [2.45, 2.75) is 36.1 Å². The van der Waals surface area contributed by atoms with E-state index in [1.54, 1.807) is 71.5 Å². The Hall–Kier alpha value is -3.65. The van der Waals surface area contributed by atoms with E-state index in [1.165, 1.54) is 7.11 Å². The average molecular weight is 464 g/mol. The molecule has 33 heavy (non-hydrogen) atoms. The van der Waals surface area contributed by atoms with Crippen LogP contribution in [-0.4, -0.2) is 30.8 Å². The number of methoxy groups -OCH3 is 1. The number of ether oxygens (including phenoxy) is 1. The molecular formula is C25H25N3O4S. The first-order chi connectivity index (χ1) is 15.8. The summed E-state index contributed by atoms with van der Waals surface area (Å²) in [6.45, 7) is 4.29. The van der Waals surface area contributed by atoms with Gasteiger partial charge in [0, 0.05) is 25.1 Å². The van der Waals surface area contributed by atoms with Crippen molar-refractivity contribution in [1.82, 2.24) is 14.7 Å². The molecule has 2 heterocycles. The minimum atomic E-state index is -3.77. The first-order valence-electron chi connectivity index (χ1n) is 10.5. The van der Waals surface area contributed by atoms with E-state index >= 15 is 0 Å². The largest absolute Gasteiger partial charge is 0.495 e. The fourth-order valence-corrected chi connectivity index (χ4v) is 4.97. The molecule has 0 aliphatic carbocycles. The number of hydrogen-bond acceptors (Lipinski definition) is 5. The molecule has 0 radical (unpaired) electrons. The Kier molecular flexibility index (Phi) is 6.20. The molecule has 0 aliphatic rings. The summed E-state index contributed by atoms with van der Waals surface area (Å²) >= 11 is 0. The molecule has 2 aromatic carbocycles. The summed E-state index contributed by atoms with van der Waals surface area (Å²) in [5.74, 6) is 0.272.